The summed E-state index contributed by atoms with van der Waals surface area (Å²) in [4.78, 5) is 15.1. The quantitative estimate of drug-likeness (QED) is 0.831. The molecular weight excluding hydrogens is 334 g/mol. The molecule has 0 N–H and O–H groups in total. The van der Waals surface area contributed by atoms with Crippen LogP contribution < -0.4 is 18.9 Å². The molecule has 6 heteroatoms. The van der Waals surface area contributed by atoms with Crippen molar-refractivity contribution in [3.8, 4) is 23.0 Å². The van der Waals surface area contributed by atoms with Crippen LogP contribution in [-0.4, -0.2) is 38.4 Å². The molecule has 3 aliphatic rings. The Morgan fingerprint density at radius 1 is 1.00 bits per heavy atom. The highest BCUT2D eigenvalue weighted by Gasteiger charge is 2.38. The average Bonchev–Trinajstić information content (AvgIpc) is 3.13. The van der Waals surface area contributed by atoms with E-state index in [0.29, 0.717) is 23.8 Å². The maximum Gasteiger partial charge on any atom is 0.254 e. The summed E-state index contributed by atoms with van der Waals surface area (Å²) in [7, 11) is 3.27. The molecule has 0 aromatic heterocycles. The van der Waals surface area contributed by atoms with Crippen molar-refractivity contribution in [2.75, 3.05) is 27.6 Å². The minimum absolute atomic E-state index is 0.000993. The molecule has 6 nitrogen and oxygen atoms in total. The number of carbonyl (C=O) groups is 1. The van der Waals surface area contributed by atoms with Crippen LogP contribution >= 0.6 is 0 Å². The second kappa shape index (κ2) is 5.56. The molecule has 2 aromatic rings. The fourth-order valence-electron chi connectivity index (χ4n) is 4.21. The first kappa shape index (κ1) is 15.4. The second-order valence-electron chi connectivity index (χ2n) is 6.74. The molecule has 0 bridgehead atoms. The third-order valence-corrected chi connectivity index (χ3v) is 5.51. The molecule has 2 aromatic carbocycles. The van der Waals surface area contributed by atoms with Crippen LogP contribution in [0, 0.1) is 0 Å². The van der Waals surface area contributed by atoms with Crippen molar-refractivity contribution in [2.45, 2.75) is 18.9 Å². The fraction of sp³-hybridized carbons (Fsp3) is 0.350. The minimum atomic E-state index is -0.000993. The Morgan fingerprint density at radius 3 is 2.50 bits per heavy atom. The van der Waals surface area contributed by atoms with Crippen LogP contribution in [0.1, 0.15) is 33.1 Å². The van der Waals surface area contributed by atoms with Crippen molar-refractivity contribution in [2.24, 2.45) is 0 Å². The van der Waals surface area contributed by atoms with Gasteiger partial charge in [0.15, 0.2) is 23.0 Å². The first-order valence-corrected chi connectivity index (χ1v) is 8.68. The van der Waals surface area contributed by atoms with Gasteiger partial charge in [0.2, 0.25) is 6.79 Å². The third kappa shape index (κ3) is 2.08. The number of methoxy groups -OCH3 is 2. The summed E-state index contributed by atoms with van der Waals surface area (Å²) in [6.45, 7) is 0.902. The molecule has 0 saturated heterocycles. The molecular formula is C20H19NO5. The molecule has 0 unspecified atom stereocenters. The van der Waals surface area contributed by atoms with Crippen molar-refractivity contribution in [3.05, 3.63) is 46.5 Å². The topological polar surface area (TPSA) is 57.2 Å². The van der Waals surface area contributed by atoms with Crippen LogP contribution in [0.5, 0.6) is 23.0 Å². The molecule has 26 heavy (non-hydrogen) atoms. The summed E-state index contributed by atoms with van der Waals surface area (Å²) in [6, 6.07) is 7.81. The van der Waals surface area contributed by atoms with Crippen molar-refractivity contribution in [1.29, 1.82) is 0 Å². The molecule has 5 rings (SSSR count). The van der Waals surface area contributed by atoms with E-state index in [4.69, 9.17) is 18.9 Å². The van der Waals surface area contributed by atoms with E-state index in [1.807, 2.05) is 29.2 Å². The van der Waals surface area contributed by atoms with Gasteiger partial charge >= 0.3 is 0 Å². The predicted octanol–water partition coefficient (Wildman–Crippen LogP) is 2.73. The molecule has 0 aliphatic carbocycles. The highest BCUT2D eigenvalue weighted by molar-refractivity contribution is 5.98. The molecule has 0 fully saturated rings. The number of benzene rings is 2. The van der Waals surface area contributed by atoms with Gasteiger partial charge in [-0.1, -0.05) is 0 Å². The monoisotopic (exact) mass is 353 g/mol. The van der Waals surface area contributed by atoms with Crippen LogP contribution in [0.2, 0.25) is 0 Å². The van der Waals surface area contributed by atoms with Crippen molar-refractivity contribution in [1.82, 2.24) is 4.90 Å². The molecule has 3 aliphatic heterocycles. The largest absolute Gasteiger partial charge is 0.493 e. The first-order valence-electron chi connectivity index (χ1n) is 8.68. The van der Waals surface area contributed by atoms with Crippen LogP contribution in [0.4, 0.5) is 0 Å². The summed E-state index contributed by atoms with van der Waals surface area (Å²) in [6.07, 6.45) is 1.55. The Bertz CT molecular complexity index is 923. The number of amides is 1. The van der Waals surface area contributed by atoms with Crippen LogP contribution in [0.15, 0.2) is 24.3 Å². The van der Waals surface area contributed by atoms with E-state index in [1.54, 1.807) is 14.2 Å². The summed E-state index contributed by atoms with van der Waals surface area (Å²) >= 11 is 0. The maximum atomic E-state index is 13.1. The Balaban J connectivity index is 1.61. The summed E-state index contributed by atoms with van der Waals surface area (Å²) in [5, 5.41) is 0. The lowest BCUT2D eigenvalue weighted by atomic mass is 9.83. The molecule has 0 saturated carbocycles. The highest BCUT2D eigenvalue weighted by atomic mass is 16.7. The molecule has 134 valence electrons. The Hall–Kier alpha value is -2.89. The van der Waals surface area contributed by atoms with Gasteiger partial charge in [-0.15, -0.1) is 0 Å². The molecule has 1 amide bonds. The number of nitrogens with zero attached hydrogens (tertiary/aromatic N) is 1. The van der Waals surface area contributed by atoms with Gasteiger partial charge in [0.25, 0.3) is 5.91 Å². The minimum Gasteiger partial charge on any atom is -0.493 e. The number of hydrogen-bond acceptors (Lipinski definition) is 5. The molecule has 3 heterocycles. The zero-order valence-electron chi connectivity index (χ0n) is 14.7. The van der Waals surface area contributed by atoms with E-state index < -0.39 is 0 Å². The fourth-order valence-corrected chi connectivity index (χ4v) is 4.21. The zero-order chi connectivity index (χ0) is 17.8. The van der Waals surface area contributed by atoms with E-state index in [9.17, 15) is 4.79 Å². The van der Waals surface area contributed by atoms with Crippen molar-refractivity contribution < 1.29 is 23.7 Å². The summed E-state index contributed by atoms with van der Waals surface area (Å²) < 4.78 is 21.8. The third-order valence-electron chi connectivity index (χ3n) is 5.51. The van der Waals surface area contributed by atoms with Gasteiger partial charge in [-0.05, 0) is 53.8 Å². The summed E-state index contributed by atoms with van der Waals surface area (Å²) in [5.41, 5.74) is 4.06. The van der Waals surface area contributed by atoms with Crippen LogP contribution in [0.3, 0.4) is 0 Å². The lowest BCUT2D eigenvalue weighted by molar-refractivity contribution is 0.0631. The van der Waals surface area contributed by atoms with Crippen molar-refractivity contribution >= 4 is 5.91 Å². The van der Waals surface area contributed by atoms with Crippen molar-refractivity contribution in [3.63, 3.8) is 0 Å². The van der Waals surface area contributed by atoms with Gasteiger partial charge < -0.3 is 23.8 Å². The number of carbonyl (C=O) groups excluding carboxylic acids is 1. The van der Waals surface area contributed by atoms with Gasteiger partial charge in [0.1, 0.15) is 0 Å². The lowest BCUT2D eigenvalue weighted by Crippen LogP contribution is -2.44. The van der Waals surface area contributed by atoms with E-state index in [1.165, 1.54) is 5.56 Å². The van der Waals surface area contributed by atoms with E-state index in [2.05, 4.69) is 0 Å². The standard InChI is InChI=1S/C20H19NO5/c1-23-16-6-11-3-4-21-15(13(11)8-17(16)24-2)5-12-7-18-19(26-10-25-18)9-14(12)20(21)22/h6-9,15H,3-5,10H2,1-2H3/t15-/m0/s1. The Kier molecular flexibility index (Phi) is 3.29. The zero-order valence-corrected chi connectivity index (χ0v) is 14.7. The lowest BCUT2D eigenvalue weighted by Gasteiger charge is -2.41. The van der Waals surface area contributed by atoms with E-state index >= 15 is 0 Å². The Morgan fingerprint density at radius 2 is 1.73 bits per heavy atom. The van der Waals surface area contributed by atoms with Gasteiger partial charge in [0.05, 0.1) is 20.3 Å². The number of ether oxygens (including phenoxy) is 4. The second-order valence-corrected chi connectivity index (χ2v) is 6.74. The van der Waals surface area contributed by atoms with Crippen LogP contribution in [0.25, 0.3) is 0 Å². The molecule has 0 radical (unpaired) electrons. The van der Waals surface area contributed by atoms with Gasteiger partial charge in [0, 0.05) is 12.1 Å². The number of hydrogen-bond donors (Lipinski definition) is 0. The van der Waals surface area contributed by atoms with Gasteiger partial charge in [-0.25, -0.2) is 0 Å². The molecule has 1 atom stereocenters. The number of fused-ring (bicyclic) bond motifs is 5. The molecule has 0 spiro atoms. The number of rotatable bonds is 2. The van der Waals surface area contributed by atoms with Gasteiger partial charge in [-0.3, -0.25) is 4.79 Å². The maximum absolute atomic E-state index is 13.1. The Labute approximate surface area is 151 Å². The van der Waals surface area contributed by atoms with Crippen LogP contribution in [-0.2, 0) is 12.8 Å². The predicted molar refractivity (Wildman–Crippen MR) is 93.3 cm³/mol. The van der Waals surface area contributed by atoms with Gasteiger partial charge in [-0.2, -0.15) is 0 Å². The summed E-state index contributed by atoms with van der Waals surface area (Å²) in [5.74, 6) is 2.84. The highest BCUT2D eigenvalue weighted by Crippen LogP contribution is 2.45. The van der Waals surface area contributed by atoms with E-state index in [0.717, 1.165) is 35.3 Å². The smallest absolute Gasteiger partial charge is 0.254 e. The normalized spacial score (nSPS) is 19.5. The SMILES string of the molecule is COc1cc2c(cc1OC)[C@@H]1Cc3cc4c(cc3C(=O)N1CC2)OCO4. The first-order chi connectivity index (χ1) is 12.7. The average molecular weight is 353 g/mol. The van der Waals surface area contributed by atoms with E-state index in [-0.39, 0.29) is 18.7 Å².